The molecule has 0 N–H and O–H groups in total. The highest BCUT2D eigenvalue weighted by atomic mass is 17.2. The fourth-order valence-corrected chi connectivity index (χ4v) is 1.11. The van der Waals surface area contributed by atoms with Crippen molar-refractivity contribution in [3.8, 4) is 12.3 Å². The molecule has 0 aromatic heterocycles. The molecule has 1 rings (SSSR count). The fourth-order valence-electron chi connectivity index (χ4n) is 1.11. The minimum Gasteiger partial charge on any atom is -0.236 e. The Kier molecular flexibility index (Phi) is 5.49. The van der Waals surface area contributed by atoms with Gasteiger partial charge in [-0.2, -0.15) is 0 Å². The molecule has 0 aliphatic carbocycles. The van der Waals surface area contributed by atoms with Gasteiger partial charge in [0.25, 0.3) is 0 Å². The van der Waals surface area contributed by atoms with Crippen LogP contribution >= 0.6 is 0 Å². The highest BCUT2D eigenvalue weighted by Crippen LogP contribution is 2.02. The number of rotatable bonds is 6. The lowest BCUT2D eigenvalue weighted by Crippen LogP contribution is -1.98. The van der Waals surface area contributed by atoms with Gasteiger partial charge in [-0.05, 0) is 18.4 Å². The molecule has 0 aliphatic heterocycles. The predicted molar refractivity (Wildman–Crippen MR) is 55.5 cm³/mol. The second kappa shape index (κ2) is 7.14. The molecule has 0 fully saturated rings. The van der Waals surface area contributed by atoms with Gasteiger partial charge in [0, 0.05) is 0 Å². The van der Waals surface area contributed by atoms with Crippen molar-refractivity contribution < 1.29 is 9.78 Å². The zero-order valence-electron chi connectivity index (χ0n) is 8.11. The Morgan fingerprint density at radius 3 is 2.64 bits per heavy atom. The van der Waals surface area contributed by atoms with Gasteiger partial charge < -0.3 is 0 Å². The van der Waals surface area contributed by atoms with Crippen LogP contribution in [0, 0.1) is 12.3 Å². The smallest absolute Gasteiger partial charge is 0.142 e. The molecule has 0 saturated carbocycles. The molecule has 14 heavy (non-hydrogen) atoms. The Hall–Kier alpha value is -1.30. The highest BCUT2D eigenvalue weighted by Gasteiger charge is 1.92. The third kappa shape index (κ3) is 4.66. The average Bonchev–Trinajstić information content (AvgIpc) is 2.25. The Labute approximate surface area is 84.8 Å². The number of benzene rings is 1. The lowest BCUT2D eigenvalue weighted by molar-refractivity contribution is -0.284. The lowest BCUT2D eigenvalue weighted by atomic mass is 10.1. The molecule has 0 unspecified atom stereocenters. The maximum absolute atomic E-state index is 4.98. The topological polar surface area (TPSA) is 18.5 Å². The molecule has 0 radical (unpaired) electrons. The van der Waals surface area contributed by atoms with Crippen molar-refractivity contribution in [2.45, 2.75) is 12.8 Å². The van der Waals surface area contributed by atoms with E-state index in [-0.39, 0.29) is 6.61 Å². The van der Waals surface area contributed by atoms with E-state index < -0.39 is 0 Å². The highest BCUT2D eigenvalue weighted by molar-refractivity contribution is 5.14. The molecule has 0 amide bonds. The number of aryl methyl sites for hydroxylation is 1. The summed E-state index contributed by atoms with van der Waals surface area (Å²) in [5, 5.41) is 0. The van der Waals surface area contributed by atoms with Crippen LogP contribution in [0.5, 0.6) is 0 Å². The van der Waals surface area contributed by atoms with Gasteiger partial charge in [0.05, 0.1) is 6.61 Å². The monoisotopic (exact) mass is 190 g/mol. The summed E-state index contributed by atoms with van der Waals surface area (Å²) >= 11 is 0. The Morgan fingerprint density at radius 1 is 1.14 bits per heavy atom. The molecule has 0 spiro atoms. The normalized spacial score (nSPS) is 9.64. The molecule has 0 heterocycles. The summed E-state index contributed by atoms with van der Waals surface area (Å²) in [7, 11) is 0. The average molecular weight is 190 g/mol. The van der Waals surface area contributed by atoms with Crippen LogP contribution in [0.25, 0.3) is 0 Å². The van der Waals surface area contributed by atoms with Gasteiger partial charge in [0.15, 0.2) is 0 Å². The van der Waals surface area contributed by atoms with Crippen LogP contribution in [0.2, 0.25) is 0 Å². The largest absolute Gasteiger partial charge is 0.236 e. The standard InChI is InChI=1S/C12H14O2/c1-2-10-13-14-11-6-9-12-7-4-3-5-8-12/h1,3-5,7-8H,6,9-11H2. The Balaban J connectivity index is 2.03. The van der Waals surface area contributed by atoms with E-state index in [9.17, 15) is 0 Å². The second-order valence-corrected chi connectivity index (χ2v) is 2.88. The Bertz CT molecular complexity index is 274. The van der Waals surface area contributed by atoms with Crippen LogP contribution in [0.3, 0.4) is 0 Å². The number of terminal acetylenes is 1. The van der Waals surface area contributed by atoms with E-state index in [0.717, 1.165) is 12.8 Å². The first-order chi connectivity index (χ1) is 6.93. The summed E-state index contributed by atoms with van der Waals surface area (Å²) in [5.74, 6) is 2.33. The minimum absolute atomic E-state index is 0.214. The number of hydrogen-bond acceptors (Lipinski definition) is 2. The van der Waals surface area contributed by atoms with Crippen molar-refractivity contribution in [1.82, 2.24) is 0 Å². The summed E-state index contributed by atoms with van der Waals surface area (Å²) in [6.45, 7) is 0.794. The van der Waals surface area contributed by atoms with Crippen LogP contribution in [-0.2, 0) is 16.2 Å². The van der Waals surface area contributed by atoms with E-state index in [1.807, 2.05) is 18.2 Å². The summed E-state index contributed by atoms with van der Waals surface area (Å²) in [5.41, 5.74) is 1.31. The summed E-state index contributed by atoms with van der Waals surface area (Å²) in [6.07, 6.45) is 6.92. The van der Waals surface area contributed by atoms with E-state index in [2.05, 4.69) is 22.9 Å². The molecule has 0 aliphatic rings. The van der Waals surface area contributed by atoms with Gasteiger partial charge in [0.1, 0.15) is 6.61 Å². The van der Waals surface area contributed by atoms with E-state index in [1.54, 1.807) is 0 Å². The molecule has 0 atom stereocenters. The SMILES string of the molecule is C#CCOOCCCc1ccccc1. The van der Waals surface area contributed by atoms with Crippen LogP contribution in [0.15, 0.2) is 30.3 Å². The van der Waals surface area contributed by atoms with E-state index in [0.29, 0.717) is 6.61 Å². The third-order valence-electron chi connectivity index (χ3n) is 1.76. The van der Waals surface area contributed by atoms with Gasteiger partial charge in [-0.1, -0.05) is 36.3 Å². The molecule has 2 heteroatoms. The summed E-state index contributed by atoms with van der Waals surface area (Å²) < 4.78 is 0. The van der Waals surface area contributed by atoms with Crippen molar-refractivity contribution in [3.05, 3.63) is 35.9 Å². The van der Waals surface area contributed by atoms with E-state index >= 15 is 0 Å². The molecule has 0 bridgehead atoms. The zero-order chi connectivity index (χ0) is 10.1. The first-order valence-corrected chi connectivity index (χ1v) is 4.65. The van der Waals surface area contributed by atoms with Gasteiger partial charge in [-0.3, -0.25) is 0 Å². The van der Waals surface area contributed by atoms with Crippen molar-refractivity contribution >= 4 is 0 Å². The maximum atomic E-state index is 4.98. The van der Waals surface area contributed by atoms with Gasteiger partial charge in [-0.15, -0.1) is 6.42 Å². The molecule has 74 valence electrons. The molecule has 1 aromatic rings. The van der Waals surface area contributed by atoms with Gasteiger partial charge >= 0.3 is 0 Å². The van der Waals surface area contributed by atoms with Crippen LogP contribution in [-0.4, -0.2) is 13.2 Å². The molecule has 2 nitrogen and oxygen atoms in total. The predicted octanol–water partition coefficient (Wildman–Crippen LogP) is 2.20. The van der Waals surface area contributed by atoms with Crippen LogP contribution in [0.1, 0.15) is 12.0 Å². The van der Waals surface area contributed by atoms with Crippen LogP contribution in [0.4, 0.5) is 0 Å². The number of hydrogen-bond donors (Lipinski definition) is 0. The van der Waals surface area contributed by atoms with Gasteiger partial charge in [-0.25, -0.2) is 9.78 Å². The third-order valence-corrected chi connectivity index (χ3v) is 1.76. The maximum Gasteiger partial charge on any atom is 0.142 e. The quantitative estimate of drug-likeness (QED) is 0.296. The minimum atomic E-state index is 0.214. The summed E-state index contributed by atoms with van der Waals surface area (Å²) in [4.78, 5) is 9.54. The molecular formula is C12H14O2. The van der Waals surface area contributed by atoms with Crippen molar-refractivity contribution in [1.29, 1.82) is 0 Å². The summed E-state index contributed by atoms with van der Waals surface area (Å²) in [6, 6.07) is 10.3. The molecule has 1 aromatic carbocycles. The lowest BCUT2D eigenvalue weighted by Gasteiger charge is -2.01. The second-order valence-electron chi connectivity index (χ2n) is 2.88. The van der Waals surface area contributed by atoms with Crippen LogP contribution < -0.4 is 0 Å². The van der Waals surface area contributed by atoms with Crippen molar-refractivity contribution in [2.24, 2.45) is 0 Å². The van der Waals surface area contributed by atoms with Gasteiger partial charge in [0.2, 0.25) is 0 Å². The van der Waals surface area contributed by atoms with Crippen molar-refractivity contribution in [2.75, 3.05) is 13.2 Å². The molecule has 0 saturated heterocycles. The fraction of sp³-hybridized carbons (Fsp3) is 0.333. The molecular weight excluding hydrogens is 176 g/mol. The van der Waals surface area contributed by atoms with Crippen molar-refractivity contribution in [3.63, 3.8) is 0 Å². The first kappa shape index (κ1) is 10.8. The first-order valence-electron chi connectivity index (χ1n) is 4.65. The Morgan fingerprint density at radius 2 is 1.93 bits per heavy atom. The van der Waals surface area contributed by atoms with E-state index in [4.69, 9.17) is 11.3 Å². The zero-order valence-corrected chi connectivity index (χ0v) is 8.11. The van der Waals surface area contributed by atoms with E-state index in [1.165, 1.54) is 5.56 Å².